The molecule has 0 spiro atoms. The fourth-order valence-corrected chi connectivity index (χ4v) is 0.539. The molecule has 0 bridgehead atoms. The summed E-state index contributed by atoms with van der Waals surface area (Å²) in [4.78, 5) is 0. The summed E-state index contributed by atoms with van der Waals surface area (Å²) in [5.74, 6) is 0. The van der Waals surface area contributed by atoms with E-state index in [1.54, 1.807) is 0 Å². The molecular weight excluding hydrogens is 254 g/mol. The van der Waals surface area contributed by atoms with Crippen molar-refractivity contribution in [2.75, 3.05) is 17.3 Å². The van der Waals surface area contributed by atoms with Gasteiger partial charge in [0.15, 0.2) is 0 Å². The molecule has 0 aromatic heterocycles. The summed E-state index contributed by atoms with van der Waals surface area (Å²) >= 11 is 19.1. The number of aliphatic hydroxyl groups excluding tert-OH is 1. The summed E-state index contributed by atoms with van der Waals surface area (Å²) in [7, 11) is 0. The van der Waals surface area contributed by atoms with Crippen molar-refractivity contribution in [3.8, 4) is 0 Å². The van der Waals surface area contributed by atoms with Crippen LogP contribution in [0.2, 0.25) is 0 Å². The molecule has 84 valence electrons. The third kappa shape index (κ3) is 61.9. The molecule has 0 aliphatic heterocycles. The second kappa shape index (κ2) is 29.2. The average molecular weight is 272 g/mol. The first kappa shape index (κ1) is 19.7. The Morgan fingerprint density at radius 2 is 1.23 bits per heavy atom. The number of unbranched alkanes of at least 4 members (excludes halogenated alkanes) is 3. The van der Waals surface area contributed by atoms with E-state index in [9.17, 15) is 0 Å². The summed E-state index contributed by atoms with van der Waals surface area (Å²) in [5, 5.41) is 8.68. The lowest BCUT2D eigenvalue weighted by Crippen LogP contribution is -1.80. The molecule has 0 atom stereocenters. The lowest BCUT2D eigenvalue weighted by Gasteiger charge is -1.90. The van der Waals surface area contributed by atoms with Crippen LogP contribution in [0.15, 0.2) is 0 Å². The second-order valence-electron chi connectivity index (χ2n) is 1.99. The summed E-state index contributed by atoms with van der Waals surface area (Å²) in [6.07, 6.45) is 4.68. The summed E-state index contributed by atoms with van der Waals surface area (Å²) < 4.78 is 0. The Kier molecular flexibility index (Phi) is 44.2. The normalized spacial score (nSPS) is 7.85. The molecule has 0 saturated heterocycles. The molecule has 0 aliphatic rings. The Morgan fingerprint density at radius 1 is 0.846 bits per heavy atom. The fraction of sp³-hybridized carbons (Fsp3) is 1.00. The van der Waals surface area contributed by atoms with Crippen LogP contribution in [-0.4, -0.2) is 22.4 Å². The highest BCUT2D eigenvalue weighted by Gasteiger charge is 1.80. The average Bonchev–Trinajstić information content (AvgIpc) is 2.08. The zero-order valence-electron chi connectivity index (χ0n) is 7.91. The zero-order valence-corrected chi connectivity index (χ0v) is 10.9. The smallest absolute Gasteiger partial charge is 0.0967 e. The molecule has 0 amide bonds. The van der Waals surface area contributed by atoms with Gasteiger partial charge in [-0.15, -0.1) is 46.4 Å². The predicted molar refractivity (Wildman–Crippen MR) is 64.4 cm³/mol. The number of aliphatic hydroxyl groups is 1. The van der Waals surface area contributed by atoms with Crippen LogP contribution in [0.4, 0.5) is 0 Å². The molecule has 1 nitrogen and oxygen atoms in total. The van der Waals surface area contributed by atoms with Crippen molar-refractivity contribution in [2.24, 2.45) is 0 Å². The van der Waals surface area contributed by atoms with Crippen LogP contribution in [0.5, 0.6) is 0 Å². The number of halogens is 4. The SMILES string of the molecule is CCCCCCO.ClCCl.ClCCl. The monoisotopic (exact) mass is 270 g/mol. The number of hydrogen-bond donors (Lipinski definition) is 1. The van der Waals surface area contributed by atoms with E-state index < -0.39 is 0 Å². The Morgan fingerprint density at radius 3 is 1.46 bits per heavy atom. The van der Waals surface area contributed by atoms with Crippen LogP contribution < -0.4 is 0 Å². The molecule has 0 radical (unpaired) electrons. The highest BCUT2D eigenvalue weighted by Crippen LogP contribution is 1.96. The molecule has 1 N–H and O–H groups in total. The topological polar surface area (TPSA) is 20.2 Å². The van der Waals surface area contributed by atoms with Gasteiger partial charge in [-0.05, 0) is 6.42 Å². The first-order valence-corrected chi connectivity index (χ1v) is 6.23. The Labute approximate surface area is 101 Å². The molecule has 13 heavy (non-hydrogen) atoms. The number of hydrogen-bond acceptors (Lipinski definition) is 1. The summed E-state index contributed by atoms with van der Waals surface area (Å²) in [5.41, 5.74) is 0. The molecule has 0 saturated carbocycles. The molecule has 0 heterocycles. The predicted octanol–water partition coefficient (Wildman–Crippen LogP) is 4.40. The van der Waals surface area contributed by atoms with Gasteiger partial charge in [0.05, 0.1) is 10.7 Å². The molecule has 0 aromatic carbocycles. The minimum absolute atomic E-state index is 0.194. The maximum atomic E-state index is 8.29. The zero-order chi connectivity index (χ0) is 10.9. The van der Waals surface area contributed by atoms with Crippen molar-refractivity contribution in [3.63, 3.8) is 0 Å². The van der Waals surface area contributed by atoms with Gasteiger partial charge in [-0.25, -0.2) is 0 Å². The number of rotatable bonds is 4. The van der Waals surface area contributed by atoms with Crippen LogP contribution in [0.1, 0.15) is 32.6 Å². The van der Waals surface area contributed by atoms with Crippen molar-refractivity contribution in [1.82, 2.24) is 0 Å². The van der Waals surface area contributed by atoms with E-state index >= 15 is 0 Å². The summed E-state index contributed by atoms with van der Waals surface area (Å²) in [6, 6.07) is 0. The van der Waals surface area contributed by atoms with Crippen LogP contribution in [0.3, 0.4) is 0 Å². The van der Waals surface area contributed by atoms with Crippen LogP contribution in [0.25, 0.3) is 0 Å². The van der Waals surface area contributed by atoms with E-state index in [1.807, 2.05) is 0 Å². The van der Waals surface area contributed by atoms with Gasteiger partial charge in [0.25, 0.3) is 0 Å². The lowest BCUT2D eigenvalue weighted by molar-refractivity contribution is 0.283. The second-order valence-corrected chi connectivity index (χ2v) is 3.60. The van der Waals surface area contributed by atoms with Crippen molar-refractivity contribution in [1.29, 1.82) is 0 Å². The van der Waals surface area contributed by atoms with Crippen LogP contribution in [0, 0.1) is 0 Å². The maximum absolute atomic E-state index is 8.29. The largest absolute Gasteiger partial charge is 0.396 e. The van der Waals surface area contributed by atoms with Gasteiger partial charge in [0.2, 0.25) is 0 Å². The first-order valence-electron chi connectivity index (χ1n) is 4.09. The van der Waals surface area contributed by atoms with Crippen molar-refractivity contribution in [3.05, 3.63) is 0 Å². The van der Waals surface area contributed by atoms with Gasteiger partial charge in [0, 0.05) is 6.61 Å². The van der Waals surface area contributed by atoms with Crippen LogP contribution in [-0.2, 0) is 0 Å². The van der Waals surface area contributed by atoms with Crippen molar-refractivity contribution in [2.45, 2.75) is 32.6 Å². The molecular formula is C8H18Cl4O. The molecule has 0 aromatic rings. The lowest BCUT2D eigenvalue weighted by atomic mass is 10.2. The van der Waals surface area contributed by atoms with Crippen LogP contribution >= 0.6 is 46.4 Å². The van der Waals surface area contributed by atoms with Gasteiger partial charge in [-0.1, -0.05) is 26.2 Å². The third-order valence-electron chi connectivity index (χ3n) is 1.01. The highest BCUT2D eigenvalue weighted by atomic mass is 35.5. The van der Waals surface area contributed by atoms with E-state index in [4.69, 9.17) is 51.5 Å². The minimum atomic E-state index is 0.194. The van der Waals surface area contributed by atoms with Crippen molar-refractivity contribution < 1.29 is 5.11 Å². The Balaban J connectivity index is -0.000000140. The van der Waals surface area contributed by atoms with E-state index in [0.29, 0.717) is 6.61 Å². The van der Waals surface area contributed by atoms with Gasteiger partial charge in [0.1, 0.15) is 0 Å². The minimum Gasteiger partial charge on any atom is -0.396 e. The van der Waals surface area contributed by atoms with E-state index in [2.05, 4.69) is 6.92 Å². The van der Waals surface area contributed by atoms with Gasteiger partial charge in [-0.2, -0.15) is 0 Å². The molecule has 0 aliphatic carbocycles. The highest BCUT2D eigenvalue weighted by molar-refractivity contribution is 6.40. The number of alkyl halides is 4. The van der Waals surface area contributed by atoms with E-state index in [-0.39, 0.29) is 10.7 Å². The first-order chi connectivity index (χ1) is 6.24. The summed E-state index contributed by atoms with van der Waals surface area (Å²) in [6.45, 7) is 2.53. The van der Waals surface area contributed by atoms with Gasteiger partial charge < -0.3 is 5.11 Å². The molecule has 0 rings (SSSR count). The quantitative estimate of drug-likeness (QED) is 0.594. The maximum Gasteiger partial charge on any atom is 0.0967 e. The molecule has 0 unspecified atom stereocenters. The van der Waals surface area contributed by atoms with Gasteiger partial charge >= 0.3 is 0 Å². The Bertz CT molecular complexity index is 49.4. The third-order valence-corrected chi connectivity index (χ3v) is 1.01. The fourth-order valence-electron chi connectivity index (χ4n) is 0.539. The Hall–Kier alpha value is 1.12. The van der Waals surface area contributed by atoms with E-state index in [0.717, 1.165) is 6.42 Å². The van der Waals surface area contributed by atoms with Gasteiger partial charge in [-0.3, -0.25) is 0 Å². The molecule has 0 fully saturated rings. The molecule has 5 heteroatoms. The van der Waals surface area contributed by atoms with E-state index in [1.165, 1.54) is 19.3 Å². The standard InChI is InChI=1S/C6H14O.2CH2Cl2/c1-2-3-4-5-6-7;2*2-1-3/h7H,2-6H2,1H3;2*1H2. The van der Waals surface area contributed by atoms with Crippen molar-refractivity contribution >= 4 is 46.4 Å².